The molecule has 0 unspecified atom stereocenters. The summed E-state index contributed by atoms with van der Waals surface area (Å²) in [5, 5.41) is 4.32. The molecule has 2 aliphatic rings. The van der Waals surface area contributed by atoms with E-state index in [0.29, 0.717) is 6.54 Å². The average Bonchev–Trinajstić information content (AvgIpc) is 3.23. The monoisotopic (exact) mass is 387 g/mol. The van der Waals surface area contributed by atoms with E-state index in [2.05, 4.69) is 46.6 Å². The van der Waals surface area contributed by atoms with Crippen LogP contribution in [0.1, 0.15) is 17.7 Å². The fourth-order valence-corrected chi connectivity index (χ4v) is 4.66. The second-order valence-electron chi connectivity index (χ2n) is 8.08. The van der Waals surface area contributed by atoms with Crippen LogP contribution in [-0.2, 0) is 17.6 Å². The van der Waals surface area contributed by atoms with E-state index >= 15 is 0 Å². The van der Waals surface area contributed by atoms with Crippen molar-refractivity contribution in [2.45, 2.75) is 19.3 Å². The van der Waals surface area contributed by atoms with Gasteiger partial charge in [0.1, 0.15) is 0 Å². The summed E-state index contributed by atoms with van der Waals surface area (Å²) in [5.74, 6) is 0.110. The number of aromatic nitrogens is 1. The molecule has 3 aromatic rings. The number of anilines is 2. The van der Waals surface area contributed by atoms with Crippen LogP contribution < -0.4 is 15.1 Å². The highest BCUT2D eigenvalue weighted by molar-refractivity contribution is 6.03. The SMILES string of the molecule is O=C(C[NH+]1CCN(c2ccccc2)CC1)Nc1c2c(nc3ccccc13)CCC2. The van der Waals surface area contributed by atoms with Crippen molar-refractivity contribution < 1.29 is 9.69 Å². The summed E-state index contributed by atoms with van der Waals surface area (Å²) in [4.78, 5) is 21.5. The number of carbonyl (C=O) groups excluding carboxylic acids is 1. The smallest absolute Gasteiger partial charge is 0.279 e. The molecule has 5 nitrogen and oxygen atoms in total. The summed E-state index contributed by atoms with van der Waals surface area (Å²) in [5.41, 5.74) is 5.64. The molecule has 2 N–H and O–H groups in total. The van der Waals surface area contributed by atoms with Gasteiger partial charge in [-0.25, -0.2) is 0 Å². The molecule has 29 heavy (non-hydrogen) atoms. The van der Waals surface area contributed by atoms with Gasteiger partial charge < -0.3 is 15.1 Å². The molecule has 1 saturated heterocycles. The van der Waals surface area contributed by atoms with Crippen molar-refractivity contribution in [2.75, 3.05) is 42.9 Å². The summed E-state index contributed by atoms with van der Waals surface area (Å²) in [7, 11) is 0. The normalized spacial score (nSPS) is 16.8. The molecule has 5 heteroatoms. The van der Waals surface area contributed by atoms with Gasteiger partial charge in [0.25, 0.3) is 5.91 Å². The number of para-hydroxylation sites is 2. The maximum Gasteiger partial charge on any atom is 0.279 e. The van der Waals surface area contributed by atoms with E-state index in [1.54, 1.807) is 0 Å². The third-order valence-electron chi connectivity index (χ3n) is 6.19. The van der Waals surface area contributed by atoms with Gasteiger partial charge in [-0.3, -0.25) is 9.78 Å². The van der Waals surface area contributed by atoms with Crippen molar-refractivity contribution in [3.63, 3.8) is 0 Å². The van der Waals surface area contributed by atoms with Gasteiger partial charge in [0.2, 0.25) is 0 Å². The second kappa shape index (κ2) is 7.84. The van der Waals surface area contributed by atoms with Crippen LogP contribution in [0.4, 0.5) is 11.4 Å². The van der Waals surface area contributed by atoms with Gasteiger partial charge >= 0.3 is 0 Å². The highest BCUT2D eigenvalue weighted by Gasteiger charge is 2.25. The standard InChI is InChI=1S/C24H26N4O/c29-23(17-27-13-15-28(16-14-27)18-7-2-1-3-8-18)26-24-19-9-4-5-11-21(19)25-22-12-6-10-20(22)24/h1-5,7-9,11H,6,10,12-17H2,(H,25,26,29)/p+1. The second-order valence-corrected chi connectivity index (χ2v) is 8.08. The largest absolute Gasteiger partial charge is 0.360 e. The van der Waals surface area contributed by atoms with Crippen LogP contribution in [0.2, 0.25) is 0 Å². The number of nitrogens with one attached hydrogen (secondary N) is 2. The van der Waals surface area contributed by atoms with E-state index in [9.17, 15) is 4.79 Å². The zero-order valence-corrected chi connectivity index (χ0v) is 16.7. The molecule has 5 rings (SSSR count). The molecule has 0 bridgehead atoms. The van der Waals surface area contributed by atoms with E-state index in [0.717, 1.165) is 67.7 Å². The Morgan fingerprint density at radius 3 is 2.59 bits per heavy atom. The number of nitrogens with zero attached hydrogens (tertiary/aromatic N) is 2. The van der Waals surface area contributed by atoms with Crippen LogP contribution in [0.3, 0.4) is 0 Å². The topological polar surface area (TPSA) is 49.7 Å². The van der Waals surface area contributed by atoms with Gasteiger partial charge in [0.15, 0.2) is 6.54 Å². The average molecular weight is 388 g/mol. The highest BCUT2D eigenvalue weighted by Crippen LogP contribution is 2.33. The number of fused-ring (bicyclic) bond motifs is 2. The number of aryl methyl sites for hydroxylation is 1. The lowest BCUT2D eigenvalue weighted by atomic mass is 10.1. The molecule has 1 fully saturated rings. The van der Waals surface area contributed by atoms with Crippen molar-refractivity contribution in [2.24, 2.45) is 0 Å². The van der Waals surface area contributed by atoms with Crippen LogP contribution in [0, 0.1) is 0 Å². The number of amides is 1. The van der Waals surface area contributed by atoms with Crippen molar-refractivity contribution in [1.29, 1.82) is 0 Å². The van der Waals surface area contributed by atoms with Crippen LogP contribution in [0.25, 0.3) is 10.9 Å². The molecule has 0 radical (unpaired) electrons. The Bertz CT molecular complexity index is 1030. The maximum atomic E-state index is 12.9. The molecule has 2 heterocycles. The fraction of sp³-hybridized carbons (Fsp3) is 0.333. The summed E-state index contributed by atoms with van der Waals surface area (Å²) >= 11 is 0. The number of hydrogen-bond acceptors (Lipinski definition) is 3. The summed E-state index contributed by atoms with van der Waals surface area (Å²) in [6.07, 6.45) is 3.13. The maximum absolute atomic E-state index is 12.9. The zero-order chi connectivity index (χ0) is 19.6. The number of quaternary nitrogens is 1. The number of piperazine rings is 1. The highest BCUT2D eigenvalue weighted by atomic mass is 16.2. The Kier molecular flexibility index (Phi) is 4.90. The van der Waals surface area contributed by atoms with E-state index in [-0.39, 0.29) is 5.91 Å². The molecule has 0 saturated carbocycles. The summed E-state index contributed by atoms with van der Waals surface area (Å²) in [6.45, 7) is 4.46. The Morgan fingerprint density at radius 1 is 1.00 bits per heavy atom. The quantitative estimate of drug-likeness (QED) is 0.721. The predicted octanol–water partition coefficient (Wildman–Crippen LogP) is 2.07. The van der Waals surface area contributed by atoms with Gasteiger partial charge in [-0.1, -0.05) is 36.4 Å². The van der Waals surface area contributed by atoms with Gasteiger partial charge in [0.05, 0.1) is 37.4 Å². The first-order valence-electron chi connectivity index (χ1n) is 10.6. The van der Waals surface area contributed by atoms with E-state index in [4.69, 9.17) is 4.98 Å². The van der Waals surface area contributed by atoms with Crippen LogP contribution in [0.5, 0.6) is 0 Å². The number of benzene rings is 2. The van der Waals surface area contributed by atoms with Crippen LogP contribution in [-0.4, -0.2) is 43.6 Å². The molecule has 1 aliphatic heterocycles. The number of carbonyl (C=O) groups is 1. The zero-order valence-electron chi connectivity index (χ0n) is 16.7. The minimum atomic E-state index is 0.110. The molecule has 1 aliphatic carbocycles. The van der Waals surface area contributed by atoms with Gasteiger partial charge in [-0.15, -0.1) is 0 Å². The predicted molar refractivity (Wildman–Crippen MR) is 117 cm³/mol. The first-order chi connectivity index (χ1) is 14.3. The van der Waals surface area contributed by atoms with Crippen molar-refractivity contribution >= 4 is 28.2 Å². The number of pyridine rings is 1. The van der Waals surface area contributed by atoms with E-state index in [1.165, 1.54) is 16.2 Å². The van der Waals surface area contributed by atoms with Gasteiger partial charge in [-0.2, -0.15) is 0 Å². The van der Waals surface area contributed by atoms with Crippen LogP contribution in [0.15, 0.2) is 54.6 Å². The summed E-state index contributed by atoms with van der Waals surface area (Å²) in [6, 6.07) is 18.7. The van der Waals surface area contributed by atoms with Gasteiger partial charge in [0, 0.05) is 16.8 Å². The first-order valence-corrected chi connectivity index (χ1v) is 10.6. The molecular weight excluding hydrogens is 360 g/mol. The van der Waals surface area contributed by atoms with Crippen molar-refractivity contribution in [3.8, 4) is 0 Å². The van der Waals surface area contributed by atoms with Crippen molar-refractivity contribution in [3.05, 3.63) is 65.9 Å². The Labute approximate surface area is 171 Å². The molecule has 1 aromatic heterocycles. The molecular formula is C24H27N4O+. The minimum absolute atomic E-state index is 0.110. The van der Waals surface area contributed by atoms with Gasteiger partial charge in [-0.05, 0) is 43.0 Å². The Balaban J connectivity index is 1.27. The van der Waals surface area contributed by atoms with E-state index in [1.807, 2.05) is 18.2 Å². The van der Waals surface area contributed by atoms with E-state index < -0.39 is 0 Å². The molecule has 1 amide bonds. The third kappa shape index (κ3) is 3.70. The first kappa shape index (κ1) is 18.1. The molecule has 2 aromatic carbocycles. The third-order valence-corrected chi connectivity index (χ3v) is 6.19. The summed E-state index contributed by atoms with van der Waals surface area (Å²) < 4.78 is 0. The lowest BCUT2D eigenvalue weighted by Gasteiger charge is -2.33. The Morgan fingerprint density at radius 2 is 1.76 bits per heavy atom. The molecule has 0 spiro atoms. The lowest BCUT2D eigenvalue weighted by Crippen LogP contribution is -3.15. The minimum Gasteiger partial charge on any atom is -0.360 e. The van der Waals surface area contributed by atoms with Crippen molar-refractivity contribution in [1.82, 2.24) is 4.98 Å². The van der Waals surface area contributed by atoms with Crippen LogP contribution >= 0.6 is 0 Å². The Hall–Kier alpha value is -2.92. The number of rotatable bonds is 4. The molecule has 0 atom stereocenters. The molecule has 148 valence electrons. The lowest BCUT2D eigenvalue weighted by molar-refractivity contribution is -0.892. The number of hydrogen-bond donors (Lipinski definition) is 2. The fourth-order valence-electron chi connectivity index (χ4n) is 4.66.